The van der Waals surface area contributed by atoms with Crippen LogP contribution in [0.2, 0.25) is 0 Å². The van der Waals surface area contributed by atoms with Gasteiger partial charge in [-0.15, -0.1) is 0 Å². The fourth-order valence-electron chi connectivity index (χ4n) is 2.91. The van der Waals surface area contributed by atoms with E-state index in [9.17, 15) is 16.8 Å². The summed E-state index contributed by atoms with van der Waals surface area (Å²) in [4.78, 5) is 0.00959. The van der Waals surface area contributed by atoms with E-state index in [1.165, 1.54) is 38.1 Å². The standard InChI is InChI=1S/C24H34O6S2/c1-17(29-31(25,26)21-13-9-19(10-14-21)23(3,4)5)18(2)30-32(27,28)22-15-11-20(12-16-22)24(6,7)8/h9-18H,1-8H3. The Bertz CT molecular complexity index is 1030. The molecule has 32 heavy (non-hydrogen) atoms. The molecule has 0 aromatic heterocycles. The summed E-state index contributed by atoms with van der Waals surface area (Å²) in [6, 6.07) is 12.9. The molecule has 178 valence electrons. The van der Waals surface area contributed by atoms with E-state index in [1.54, 1.807) is 24.3 Å². The Kier molecular flexibility index (Phi) is 7.66. The molecular weight excluding hydrogens is 448 g/mol. The highest BCUT2D eigenvalue weighted by Gasteiger charge is 2.28. The van der Waals surface area contributed by atoms with Gasteiger partial charge in [-0.2, -0.15) is 16.8 Å². The van der Waals surface area contributed by atoms with Gasteiger partial charge in [0.2, 0.25) is 0 Å². The SMILES string of the molecule is CC(OS(=O)(=O)c1ccc(C(C)(C)C)cc1)C(C)OS(=O)(=O)c1ccc(C(C)(C)C)cc1. The molecule has 2 unspecified atom stereocenters. The van der Waals surface area contributed by atoms with Crippen LogP contribution in [0.25, 0.3) is 0 Å². The molecule has 0 amide bonds. The van der Waals surface area contributed by atoms with Gasteiger partial charge in [0.25, 0.3) is 20.2 Å². The van der Waals surface area contributed by atoms with E-state index < -0.39 is 32.4 Å². The molecule has 0 saturated heterocycles. The number of hydrogen-bond donors (Lipinski definition) is 0. The molecule has 2 aromatic rings. The summed E-state index contributed by atoms with van der Waals surface area (Å²) in [7, 11) is -8.17. The average Bonchev–Trinajstić information content (AvgIpc) is 2.66. The van der Waals surface area contributed by atoms with Crippen LogP contribution in [0, 0.1) is 0 Å². The second-order valence-electron chi connectivity index (χ2n) is 10.1. The number of benzene rings is 2. The minimum absolute atomic E-state index is 0.00479. The molecular formula is C24H34O6S2. The molecule has 2 aromatic carbocycles. The summed E-state index contributed by atoms with van der Waals surface area (Å²) in [5.41, 5.74) is 1.76. The van der Waals surface area contributed by atoms with E-state index in [0.717, 1.165) is 11.1 Å². The third-order valence-electron chi connectivity index (χ3n) is 5.24. The average molecular weight is 483 g/mol. The molecule has 8 heteroatoms. The van der Waals surface area contributed by atoms with Crippen molar-refractivity contribution in [3.8, 4) is 0 Å². The Morgan fingerprint density at radius 1 is 0.562 bits per heavy atom. The lowest BCUT2D eigenvalue weighted by molar-refractivity contribution is 0.0871. The Labute approximate surface area is 193 Å². The molecule has 6 nitrogen and oxygen atoms in total. The van der Waals surface area contributed by atoms with Crippen molar-refractivity contribution < 1.29 is 25.2 Å². The van der Waals surface area contributed by atoms with Crippen molar-refractivity contribution >= 4 is 20.2 Å². The molecule has 2 rings (SSSR count). The predicted octanol–water partition coefficient (Wildman–Crippen LogP) is 5.17. The van der Waals surface area contributed by atoms with Gasteiger partial charge in [0.15, 0.2) is 0 Å². The highest BCUT2D eigenvalue weighted by molar-refractivity contribution is 7.87. The maximum absolute atomic E-state index is 12.6. The van der Waals surface area contributed by atoms with Gasteiger partial charge < -0.3 is 0 Å². The first-order chi connectivity index (χ1) is 14.4. The van der Waals surface area contributed by atoms with E-state index in [4.69, 9.17) is 8.37 Å². The van der Waals surface area contributed by atoms with Crippen molar-refractivity contribution in [2.45, 2.75) is 88.2 Å². The van der Waals surface area contributed by atoms with E-state index in [1.807, 2.05) is 41.5 Å². The van der Waals surface area contributed by atoms with Crippen molar-refractivity contribution in [3.05, 3.63) is 59.7 Å². The second-order valence-corrected chi connectivity index (χ2v) is 13.2. The van der Waals surface area contributed by atoms with Gasteiger partial charge in [0, 0.05) is 0 Å². The lowest BCUT2D eigenvalue weighted by Gasteiger charge is -2.22. The Morgan fingerprint density at radius 3 is 1.03 bits per heavy atom. The molecule has 0 aliphatic rings. The van der Waals surface area contributed by atoms with Crippen LogP contribution in [-0.4, -0.2) is 29.0 Å². The molecule has 0 aliphatic carbocycles. The maximum Gasteiger partial charge on any atom is 0.297 e. The topological polar surface area (TPSA) is 86.7 Å². The molecule has 0 spiro atoms. The van der Waals surface area contributed by atoms with Gasteiger partial charge >= 0.3 is 0 Å². The number of rotatable bonds is 7. The largest absolute Gasteiger partial charge is 0.297 e. The summed E-state index contributed by atoms with van der Waals surface area (Å²) < 4.78 is 61.1. The van der Waals surface area contributed by atoms with Crippen LogP contribution in [0.5, 0.6) is 0 Å². The monoisotopic (exact) mass is 482 g/mol. The molecule has 0 aliphatic heterocycles. The smallest absolute Gasteiger partial charge is 0.261 e. The fourth-order valence-corrected chi connectivity index (χ4v) is 5.18. The van der Waals surface area contributed by atoms with E-state index >= 15 is 0 Å². The number of hydrogen-bond acceptors (Lipinski definition) is 6. The van der Waals surface area contributed by atoms with E-state index in [-0.39, 0.29) is 20.6 Å². The Hall–Kier alpha value is -1.74. The molecule has 2 atom stereocenters. The first kappa shape index (κ1) is 26.5. The summed E-state index contributed by atoms with van der Waals surface area (Å²) in [5.74, 6) is 0. The van der Waals surface area contributed by atoms with Crippen LogP contribution in [0.3, 0.4) is 0 Å². The normalized spacial score (nSPS) is 15.4. The fraction of sp³-hybridized carbons (Fsp3) is 0.500. The third kappa shape index (κ3) is 6.63. The lowest BCUT2D eigenvalue weighted by atomic mass is 9.87. The molecule has 0 saturated carbocycles. The van der Waals surface area contributed by atoms with Gasteiger partial charge in [-0.1, -0.05) is 65.8 Å². The van der Waals surface area contributed by atoms with Crippen LogP contribution >= 0.6 is 0 Å². The summed E-state index contributed by atoms with van der Waals surface area (Å²) >= 11 is 0. The van der Waals surface area contributed by atoms with Gasteiger partial charge in [-0.05, 0) is 60.1 Å². The van der Waals surface area contributed by atoms with Crippen molar-refractivity contribution in [2.24, 2.45) is 0 Å². The van der Waals surface area contributed by atoms with Crippen molar-refractivity contribution in [2.75, 3.05) is 0 Å². The van der Waals surface area contributed by atoms with E-state index in [0.29, 0.717) is 0 Å². The van der Waals surface area contributed by atoms with Crippen LogP contribution in [0.4, 0.5) is 0 Å². The van der Waals surface area contributed by atoms with Crippen LogP contribution in [0.15, 0.2) is 58.3 Å². The Balaban J connectivity index is 2.12. The van der Waals surface area contributed by atoms with Gasteiger partial charge in [-0.3, -0.25) is 8.37 Å². The second kappa shape index (κ2) is 9.25. The van der Waals surface area contributed by atoms with Crippen LogP contribution in [0.1, 0.15) is 66.5 Å². The minimum Gasteiger partial charge on any atom is -0.261 e. The van der Waals surface area contributed by atoms with Crippen molar-refractivity contribution in [1.82, 2.24) is 0 Å². The zero-order valence-electron chi connectivity index (χ0n) is 20.0. The maximum atomic E-state index is 12.6. The van der Waals surface area contributed by atoms with Crippen molar-refractivity contribution in [3.63, 3.8) is 0 Å². The van der Waals surface area contributed by atoms with Gasteiger partial charge in [-0.25, -0.2) is 0 Å². The van der Waals surface area contributed by atoms with Gasteiger partial charge in [0.05, 0.1) is 9.79 Å². The van der Waals surface area contributed by atoms with Crippen molar-refractivity contribution in [1.29, 1.82) is 0 Å². The molecule has 0 heterocycles. The lowest BCUT2D eigenvalue weighted by Crippen LogP contribution is -2.31. The summed E-state index contributed by atoms with van der Waals surface area (Å²) in [5, 5.41) is 0. The highest BCUT2D eigenvalue weighted by Crippen LogP contribution is 2.26. The minimum atomic E-state index is -4.08. The zero-order chi connectivity index (χ0) is 24.5. The van der Waals surface area contributed by atoms with Crippen LogP contribution in [-0.2, 0) is 39.4 Å². The van der Waals surface area contributed by atoms with Gasteiger partial charge in [0.1, 0.15) is 12.2 Å². The molecule has 0 fully saturated rings. The highest BCUT2D eigenvalue weighted by atomic mass is 32.2. The first-order valence-corrected chi connectivity index (χ1v) is 13.3. The summed E-state index contributed by atoms with van der Waals surface area (Å²) in [6.45, 7) is 15.1. The quantitative estimate of drug-likeness (QED) is 0.506. The van der Waals surface area contributed by atoms with Crippen LogP contribution < -0.4 is 0 Å². The first-order valence-electron chi connectivity index (χ1n) is 10.5. The predicted molar refractivity (Wildman–Crippen MR) is 126 cm³/mol. The zero-order valence-corrected chi connectivity index (χ0v) is 21.7. The van der Waals surface area contributed by atoms with E-state index in [2.05, 4.69) is 0 Å². The molecule has 0 radical (unpaired) electrons. The molecule has 0 N–H and O–H groups in total. The third-order valence-corrected chi connectivity index (χ3v) is 8.05. The summed E-state index contributed by atoms with van der Waals surface area (Å²) in [6.07, 6.45) is -2.04. The molecule has 0 bridgehead atoms. The Morgan fingerprint density at radius 2 is 0.812 bits per heavy atom.